The van der Waals surface area contributed by atoms with Gasteiger partial charge >= 0.3 is 11.9 Å². The van der Waals surface area contributed by atoms with Crippen LogP contribution in [0.5, 0.6) is 0 Å². The van der Waals surface area contributed by atoms with Crippen LogP contribution < -0.4 is 0 Å². The number of ether oxygens (including phenoxy) is 1. The number of benzene rings is 1. The van der Waals surface area contributed by atoms with Gasteiger partial charge in [-0.3, -0.25) is 14.9 Å². The maximum atomic E-state index is 11.6. The van der Waals surface area contributed by atoms with Crippen LogP contribution in [0.25, 0.3) is 6.08 Å². The van der Waals surface area contributed by atoms with Crippen LogP contribution >= 0.6 is 0 Å². The summed E-state index contributed by atoms with van der Waals surface area (Å²) in [6.45, 7) is 1.72. The molecule has 0 heterocycles. The largest absolute Gasteiger partial charge is 0.481 e. The van der Waals surface area contributed by atoms with Gasteiger partial charge in [0, 0.05) is 17.7 Å². The van der Waals surface area contributed by atoms with Crippen LogP contribution in [-0.4, -0.2) is 28.6 Å². The second-order valence-corrected chi connectivity index (χ2v) is 3.81. The second-order valence-electron chi connectivity index (χ2n) is 3.81. The lowest BCUT2D eigenvalue weighted by Gasteiger charge is -2.04. The number of carbonyl (C=O) groups is 2. The Morgan fingerprint density at radius 1 is 1.45 bits per heavy atom. The lowest BCUT2D eigenvalue weighted by molar-refractivity contribution is -0.384. The number of rotatable bonds is 6. The maximum absolute atomic E-state index is 11.6. The third kappa shape index (κ3) is 4.52. The van der Waals surface area contributed by atoms with E-state index < -0.39 is 23.3 Å². The van der Waals surface area contributed by atoms with Crippen LogP contribution in [0.15, 0.2) is 29.8 Å². The predicted octanol–water partition coefficient (Wildman–Crippen LogP) is 2.02. The first-order chi connectivity index (χ1) is 9.43. The summed E-state index contributed by atoms with van der Waals surface area (Å²) in [7, 11) is 0. The van der Waals surface area contributed by atoms with Crippen molar-refractivity contribution in [3.63, 3.8) is 0 Å². The molecule has 0 unspecified atom stereocenters. The van der Waals surface area contributed by atoms with Crippen LogP contribution in [0.3, 0.4) is 0 Å². The molecule has 0 saturated carbocycles. The second kappa shape index (κ2) is 7.03. The molecule has 106 valence electrons. The number of nitrogens with zero attached hydrogens (tertiary/aromatic N) is 1. The number of nitro benzene ring substituents is 1. The minimum Gasteiger partial charge on any atom is -0.481 e. The number of hydrogen-bond donors (Lipinski definition) is 1. The van der Waals surface area contributed by atoms with Crippen LogP contribution in [0, 0.1) is 10.1 Å². The molecule has 7 nitrogen and oxygen atoms in total. The fourth-order valence-electron chi connectivity index (χ4n) is 1.50. The van der Waals surface area contributed by atoms with Crippen molar-refractivity contribution in [1.29, 1.82) is 0 Å². The van der Waals surface area contributed by atoms with Gasteiger partial charge < -0.3 is 9.84 Å². The third-order valence-electron chi connectivity index (χ3n) is 2.30. The van der Waals surface area contributed by atoms with E-state index in [4.69, 9.17) is 9.84 Å². The lowest BCUT2D eigenvalue weighted by Crippen LogP contribution is -2.11. The Balaban J connectivity index is 3.11. The van der Waals surface area contributed by atoms with Crippen molar-refractivity contribution in [2.45, 2.75) is 13.3 Å². The number of aliphatic carboxylic acids is 1. The molecule has 20 heavy (non-hydrogen) atoms. The maximum Gasteiger partial charge on any atom is 0.334 e. The van der Waals surface area contributed by atoms with Crippen molar-refractivity contribution in [3.05, 3.63) is 45.5 Å². The highest BCUT2D eigenvalue weighted by Gasteiger charge is 2.15. The average molecular weight is 279 g/mol. The van der Waals surface area contributed by atoms with E-state index in [0.29, 0.717) is 5.56 Å². The first-order valence-electron chi connectivity index (χ1n) is 5.78. The zero-order valence-corrected chi connectivity index (χ0v) is 10.7. The van der Waals surface area contributed by atoms with E-state index in [0.717, 1.165) is 0 Å². The zero-order chi connectivity index (χ0) is 15.1. The van der Waals surface area contributed by atoms with Gasteiger partial charge in [-0.1, -0.05) is 12.1 Å². The fraction of sp³-hybridized carbons (Fsp3) is 0.231. The van der Waals surface area contributed by atoms with E-state index in [9.17, 15) is 19.7 Å². The fourth-order valence-corrected chi connectivity index (χ4v) is 1.50. The molecule has 0 atom stereocenters. The highest BCUT2D eigenvalue weighted by atomic mass is 16.6. The third-order valence-corrected chi connectivity index (χ3v) is 2.30. The molecule has 1 rings (SSSR count). The van der Waals surface area contributed by atoms with Gasteiger partial charge in [0.15, 0.2) is 0 Å². The molecule has 1 N–H and O–H groups in total. The summed E-state index contributed by atoms with van der Waals surface area (Å²) in [5, 5.41) is 19.4. The summed E-state index contributed by atoms with van der Waals surface area (Å²) in [5.74, 6) is -1.93. The number of carbonyl (C=O) groups excluding carboxylic acids is 1. The topological polar surface area (TPSA) is 107 Å². The van der Waals surface area contributed by atoms with E-state index in [1.165, 1.54) is 30.3 Å². The number of non-ortho nitro benzene ring substituents is 1. The SMILES string of the molecule is CCOC(=O)/C(=C/c1cccc([N+](=O)[O-])c1)CC(=O)O. The van der Waals surface area contributed by atoms with Crippen molar-refractivity contribution in [2.75, 3.05) is 6.61 Å². The standard InChI is InChI=1S/C13H13NO6/c1-2-20-13(17)10(8-12(15)16)6-9-4-3-5-11(7-9)14(18)19/h3-7H,2,8H2,1H3,(H,15,16)/b10-6+. The molecule has 0 saturated heterocycles. The summed E-state index contributed by atoms with van der Waals surface area (Å²) >= 11 is 0. The molecule has 0 bridgehead atoms. The van der Waals surface area contributed by atoms with E-state index in [2.05, 4.69) is 0 Å². The van der Waals surface area contributed by atoms with Crippen LogP contribution in [-0.2, 0) is 14.3 Å². The minimum absolute atomic E-state index is 0.0696. The van der Waals surface area contributed by atoms with E-state index in [1.54, 1.807) is 6.92 Å². The normalized spacial score (nSPS) is 10.9. The summed E-state index contributed by atoms with van der Waals surface area (Å²) in [4.78, 5) is 32.4. The monoisotopic (exact) mass is 279 g/mol. The summed E-state index contributed by atoms with van der Waals surface area (Å²) in [6.07, 6.45) is 0.765. The molecule has 1 aromatic rings. The van der Waals surface area contributed by atoms with Crippen molar-refractivity contribution >= 4 is 23.7 Å². The Morgan fingerprint density at radius 3 is 2.70 bits per heavy atom. The van der Waals surface area contributed by atoms with Crippen molar-refractivity contribution in [3.8, 4) is 0 Å². The van der Waals surface area contributed by atoms with Gasteiger partial charge in [0.25, 0.3) is 5.69 Å². The summed E-state index contributed by atoms with van der Waals surface area (Å²) in [6, 6.07) is 5.54. The number of nitro groups is 1. The Labute approximate surface area is 114 Å². The number of carboxylic acids is 1. The van der Waals surface area contributed by atoms with Gasteiger partial charge in [0.2, 0.25) is 0 Å². The average Bonchev–Trinajstić information content (AvgIpc) is 2.38. The lowest BCUT2D eigenvalue weighted by atomic mass is 10.1. The van der Waals surface area contributed by atoms with E-state index >= 15 is 0 Å². The van der Waals surface area contributed by atoms with Gasteiger partial charge in [-0.25, -0.2) is 4.79 Å². The van der Waals surface area contributed by atoms with Crippen LogP contribution in [0.2, 0.25) is 0 Å². The molecule has 1 aromatic carbocycles. The molecular formula is C13H13NO6. The summed E-state index contributed by atoms with van der Waals surface area (Å²) < 4.78 is 4.75. The molecule has 7 heteroatoms. The molecule has 0 aliphatic carbocycles. The highest BCUT2D eigenvalue weighted by molar-refractivity contribution is 5.98. The molecule has 0 aliphatic rings. The van der Waals surface area contributed by atoms with Gasteiger partial charge in [-0.15, -0.1) is 0 Å². The molecule has 0 radical (unpaired) electrons. The first-order valence-corrected chi connectivity index (χ1v) is 5.78. The smallest absolute Gasteiger partial charge is 0.334 e. The van der Waals surface area contributed by atoms with E-state index in [1.807, 2.05) is 0 Å². The predicted molar refractivity (Wildman–Crippen MR) is 70.0 cm³/mol. The molecule has 0 amide bonds. The number of hydrogen-bond acceptors (Lipinski definition) is 5. The minimum atomic E-state index is -1.19. The first kappa shape index (κ1) is 15.4. The van der Waals surface area contributed by atoms with Crippen LogP contribution in [0.4, 0.5) is 5.69 Å². The Hall–Kier alpha value is -2.70. The van der Waals surface area contributed by atoms with Crippen LogP contribution in [0.1, 0.15) is 18.9 Å². The van der Waals surface area contributed by atoms with Crippen molar-refractivity contribution in [1.82, 2.24) is 0 Å². The quantitative estimate of drug-likeness (QED) is 0.369. The Bertz CT molecular complexity index is 564. The van der Waals surface area contributed by atoms with Crippen molar-refractivity contribution in [2.24, 2.45) is 0 Å². The molecule has 0 aliphatic heterocycles. The molecular weight excluding hydrogens is 266 g/mol. The van der Waals surface area contributed by atoms with Gasteiger partial charge in [0.05, 0.1) is 18.0 Å². The van der Waals surface area contributed by atoms with Crippen molar-refractivity contribution < 1.29 is 24.4 Å². The van der Waals surface area contributed by atoms with Gasteiger partial charge in [0.1, 0.15) is 0 Å². The molecule has 0 fully saturated rings. The zero-order valence-electron chi connectivity index (χ0n) is 10.7. The highest BCUT2D eigenvalue weighted by Crippen LogP contribution is 2.17. The van der Waals surface area contributed by atoms with Gasteiger partial charge in [-0.2, -0.15) is 0 Å². The van der Waals surface area contributed by atoms with E-state index in [-0.39, 0.29) is 17.9 Å². The molecule has 0 aromatic heterocycles. The van der Waals surface area contributed by atoms with Gasteiger partial charge in [-0.05, 0) is 18.6 Å². The number of esters is 1. The number of carboxylic acid groups (broad SMARTS) is 1. The summed E-state index contributed by atoms with van der Waals surface area (Å²) in [5.41, 5.74) is 0.153. The Morgan fingerprint density at radius 2 is 2.15 bits per heavy atom. The molecule has 0 spiro atoms. The Kier molecular flexibility index (Phi) is 5.40.